The van der Waals surface area contributed by atoms with Gasteiger partial charge in [-0.25, -0.2) is 4.68 Å². The Bertz CT molecular complexity index is 654. The Hall–Kier alpha value is -1.49. The highest BCUT2D eigenvalue weighted by Gasteiger charge is 2.43. The van der Waals surface area contributed by atoms with Crippen LogP contribution < -0.4 is 0 Å². The molecule has 1 aliphatic heterocycles. The van der Waals surface area contributed by atoms with Gasteiger partial charge < -0.3 is 25.2 Å². The zero-order chi connectivity index (χ0) is 17.1. The number of hydrogen-bond acceptors (Lipinski definition) is 8. The van der Waals surface area contributed by atoms with Crippen molar-refractivity contribution in [1.82, 2.24) is 15.0 Å². The minimum Gasteiger partial charge on any atom is -0.394 e. The van der Waals surface area contributed by atoms with Crippen molar-refractivity contribution >= 4 is 11.8 Å². The highest BCUT2D eigenvalue weighted by atomic mass is 32.2. The normalized spacial score (nSPS) is 30.4. The van der Waals surface area contributed by atoms with E-state index in [0.29, 0.717) is 11.4 Å². The molecule has 0 unspecified atom stereocenters. The van der Waals surface area contributed by atoms with Crippen molar-refractivity contribution in [2.45, 2.75) is 35.6 Å². The van der Waals surface area contributed by atoms with Crippen LogP contribution in [0.5, 0.6) is 0 Å². The van der Waals surface area contributed by atoms with E-state index in [4.69, 9.17) is 4.74 Å². The van der Waals surface area contributed by atoms with Crippen molar-refractivity contribution in [3.63, 3.8) is 0 Å². The number of aromatic nitrogens is 3. The van der Waals surface area contributed by atoms with Gasteiger partial charge in [-0.3, -0.25) is 0 Å². The number of benzene rings is 1. The molecule has 0 radical (unpaired) electrons. The van der Waals surface area contributed by atoms with Crippen LogP contribution in [-0.2, 0) is 10.5 Å². The summed E-state index contributed by atoms with van der Waals surface area (Å²) in [6.07, 6.45) is -3.10. The summed E-state index contributed by atoms with van der Waals surface area (Å²) in [5.41, 5.74) is 0.789. The summed E-state index contributed by atoms with van der Waals surface area (Å²) < 4.78 is 7.08. The predicted molar refractivity (Wildman–Crippen MR) is 86.4 cm³/mol. The summed E-state index contributed by atoms with van der Waals surface area (Å²) in [5, 5.41) is 46.8. The highest BCUT2D eigenvalue weighted by Crippen LogP contribution is 2.30. The van der Waals surface area contributed by atoms with E-state index >= 15 is 0 Å². The second kappa shape index (κ2) is 7.60. The topological polar surface area (TPSA) is 121 Å². The SMILES string of the molecule is OC[C@H]1O[C@@H](SCc2cn(-c3ccccc3)nn2)[C@H](O)[C@@H](O)[C@@H]1O. The molecule has 0 spiro atoms. The Labute approximate surface area is 142 Å². The first-order chi connectivity index (χ1) is 11.6. The lowest BCUT2D eigenvalue weighted by atomic mass is 10.0. The Morgan fingerprint density at radius 2 is 1.83 bits per heavy atom. The van der Waals surface area contributed by atoms with Gasteiger partial charge in [0, 0.05) is 5.75 Å². The second-order valence-electron chi connectivity index (χ2n) is 5.50. The van der Waals surface area contributed by atoms with Gasteiger partial charge >= 0.3 is 0 Å². The molecule has 0 saturated carbocycles. The Balaban J connectivity index is 1.62. The van der Waals surface area contributed by atoms with Gasteiger partial charge in [0.2, 0.25) is 0 Å². The average Bonchev–Trinajstić information content (AvgIpc) is 3.09. The lowest BCUT2D eigenvalue weighted by molar-refractivity contribution is -0.205. The summed E-state index contributed by atoms with van der Waals surface area (Å²) in [4.78, 5) is 0. The third-order valence-corrected chi connectivity index (χ3v) is 4.99. The van der Waals surface area contributed by atoms with Gasteiger partial charge in [0.05, 0.1) is 24.2 Å². The molecular formula is C15H19N3O5S. The van der Waals surface area contributed by atoms with Gasteiger partial charge in [-0.15, -0.1) is 16.9 Å². The minimum absolute atomic E-state index is 0.398. The van der Waals surface area contributed by atoms with E-state index in [9.17, 15) is 20.4 Å². The zero-order valence-electron chi connectivity index (χ0n) is 12.7. The van der Waals surface area contributed by atoms with E-state index in [1.54, 1.807) is 10.9 Å². The minimum atomic E-state index is -1.37. The fraction of sp³-hybridized carbons (Fsp3) is 0.467. The lowest BCUT2D eigenvalue weighted by Crippen LogP contribution is -2.57. The van der Waals surface area contributed by atoms with Crippen molar-refractivity contribution in [1.29, 1.82) is 0 Å². The molecule has 9 heteroatoms. The van der Waals surface area contributed by atoms with E-state index in [1.807, 2.05) is 30.3 Å². The van der Waals surface area contributed by atoms with Crippen LogP contribution in [0.3, 0.4) is 0 Å². The number of nitrogens with zero attached hydrogens (tertiary/aromatic N) is 3. The second-order valence-corrected chi connectivity index (χ2v) is 6.58. The summed E-state index contributed by atoms with van der Waals surface area (Å²) >= 11 is 1.22. The smallest absolute Gasteiger partial charge is 0.132 e. The fourth-order valence-electron chi connectivity index (χ4n) is 2.44. The zero-order valence-corrected chi connectivity index (χ0v) is 13.5. The van der Waals surface area contributed by atoms with Crippen molar-refractivity contribution in [3.05, 3.63) is 42.2 Å². The van der Waals surface area contributed by atoms with Gasteiger partial charge in [0.15, 0.2) is 0 Å². The molecule has 1 aromatic heterocycles. The van der Waals surface area contributed by atoms with Crippen LogP contribution in [0.4, 0.5) is 0 Å². The Morgan fingerprint density at radius 1 is 1.08 bits per heavy atom. The lowest BCUT2D eigenvalue weighted by Gasteiger charge is -2.39. The molecule has 4 N–H and O–H groups in total. The Morgan fingerprint density at radius 3 is 2.54 bits per heavy atom. The molecule has 3 rings (SSSR count). The van der Waals surface area contributed by atoms with E-state index in [0.717, 1.165) is 5.69 Å². The van der Waals surface area contributed by atoms with E-state index < -0.39 is 36.5 Å². The molecule has 2 aromatic rings. The number of aliphatic hydroxyl groups is 4. The summed E-state index contributed by atoms with van der Waals surface area (Å²) in [7, 11) is 0. The quantitative estimate of drug-likeness (QED) is 0.557. The number of aliphatic hydroxyl groups excluding tert-OH is 4. The number of thioether (sulfide) groups is 1. The van der Waals surface area contributed by atoms with Gasteiger partial charge in [-0.2, -0.15) is 0 Å². The van der Waals surface area contributed by atoms with Crippen LogP contribution >= 0.6 is 11.8 Å². The van der Waals surface area contributed by atoms with E-state index in [1.165, 1.54) is 11.8 Å². The van der Waals surface area contributed by atoms with Gasteiger partial charge in [0.1, 0.15) is 29.9 Å². The van der Waals surface area contributed by atoms with Gasteiger partial charge in [-0.05, 0) is 12.1 Å². The molecule has 1 aliphatic rings. The number of ether oxygens (including phenoxy) is 1. The first kappa shape index (κ1) is 17.3. The largest absolute Gasteiger partial charge is 0.394 e. The molecular weight excluding hydrogens is 334 g/mol. The summed E-state index contributed by atoms with van der Waals surface area (Å²) in [6, 6.07) is 9.53. The third kappa shape index (κ3) is 3.61. The first-order valence-electron chi connectivity index (χ1n) is 7.49. The number of hydrogen-bond donors (Lipinski definition) is 4. The molecule has 130 valence electrons. The predicted octanol–water partition coefficient (Wildman–Crippen LogP) is -0.700. The van der Waals surface area contributed by atoms with E-state index in [-0.39, 0.29) is 0 Å². The van der Waals surface area contributed by atoms with Crippen LogP contribution in [0.1, 0.15) is 5.69 Å². The molecule has 2 heterocycles. The van der Waals surface area contributed by atoms with Gasteiger partial charge in [0.25, 0.3) is 0 Å². The standard InChI is InChI=1S/C15H19N3O5S/c19-7-11-12(20)13(21)14(22)15(23-11)24-8-9-6-18(17-16-9)10-4-2-1-3-5-10/h1-6,11-15,19-22H,7-8H2/t11-,12-,13+,14-,15+/m1/s1. The fourth-order valence-corrected chi connectivity index (χ4v) is 3.49. The molecule has 24 heavy (non-hydrogen) atoms. The molecule has 0 bridgehead atoms. The average molecular weight is 353 g/mol. The molecule has 1 aromatic carbocycles. The Kier molecular flexibility index (Phi) is 5.49. The summed E-state index contributed by atoms with van der Waals surface area (Å²) in [5.74, 6) is 0.398. The van der Waals surface area contributed by atoms with Crippen LogP contribution in [0.25, 0.3) is 5.69 Å². The molecule has 1 fully saturated rings. The van der Waals surface area contributed by atoms with Crippen molar-refractivity contribution in [2.75, 3.05) is 6.61 Å². The first-order valence-corrected chi connectivity index (χ1v) is 8.54. The maximum absolute atomic E-state index is 10.0. The molecule has 5 atom stereocenters. The number of rotatable bonds is 5. The van der Waals surface area contributed by atoms with Crippen LogP contribution in [0.15, 0.2) is 36.5 Å². The van der Waals surface area contributed by atoms with Crippen LogP contribution in [0.2, 0.25) is 0 Å². The van der Waals surface area contributed by atoms with Gasteiger partial charge in [-0.1, -0.05) is 23.4 Å². The molecule has 0 amide bonds. The van der Waals surface area contributed by atoms with Crippen molar-refractivity contribution in [3.8, 4) is 5.69 Å². The molecule has 1 saturated heterocycles. The highest BCUT2D eigenvalue weighted by molar-refractivity contribution is 7.99. The van der Waals surface area contributed by atoms with Crippen LogP contribution in [-0.4, -0.2) is 71.9 Å². The maximum Gasteiger partial charge on any atom is 0.132 e. The molecule has 8 nitrogen and oxygen atoms in total. The third-order valence-electron chi connectivity index (χ3n) is 3.81. The van der Waals surface area contributed by atoms with Crippen molar-refractivity contribution in [2.24, 2.45) is 0 Å². The monoisotopic (exact) mass is 353 g/mol. The van der Waals surface area contributed by atoms with Crippen LogP contribution in [0, 0.1) is 0 Å². The number of para-hydroxylation sites is 1. The maximum atomic E-state index is 10.0. The van der Waals surface area contributed by atoms with Crippen molar-refractivity contribution < 1.29 is 25.2 Å². The summed E-state index contributed by atoms with van der Waals surface area (Å²) in [6.45, 7) is -0.438. The molecule has 0 aliphatic carbocycles. The van der Waals surface area contributed by atoms with E-state index in [2.05, 4.69) is 10.3 Å².